The molecule has 6 nitrogen and oxygen atoms in total. The van der Waals surface area contributed by atoms with Gasteiger partial charge in [-0.1, -0.05) is 11.6 Å². The maximum Gasteiger partial charge on any atom is 0.156 e. The van der Waals surface area contributed by atoms with Crippen LogP contribution < -0.4 is 5.73 Å². The summed E-state index contributed by atoms with van der Waals surface area (Å²) >= 11 is 0. The lowest BCUT2D eigenvalue weighted by Gasteiger charge is -2.37. The lowest BCUT2D eigenvalue weighted by atomic mass is 9.93. The summed E-state index contributed by atoms with van der Waals surface area (Å²) in [6.45, 7) is 1.85. The molecular weight excluding hydrogens is 254 g/mol. The van der Waals surface area contributed by atoms with Crippen molar-refractivity contribution in [2.24, 2.45) is 10.9 Å². The number of oxime groups is 1. The molecule has 0 saturated heterocycles. The minimum atomic E-state index is -2.98. The molecule has 1 saturated carbocycles. The molecule has 0 aliphatic heterocycles. The van der Waals surface area contributed by atoms with E-state index in [1.165, 1.54) is 6.26 Å². The van der Waals surface area contributed by atoms with Crippen molar-refractivity contribution in [1.82, 2.24) is 4.90 Å². The van der Waals surface area contributed by atoms with Crippen molar-refractivity contribution < 1.29 is 13.6 Å². The van der Waals surface area contributed by atoms with Crippen LogP contribution in [0.2, 0.25) is 0 Å². The molecule has 18 heavy (non-hydrogen) atoms. The highest BCUT2D eigenvalue weighted by Gasteiger charge is 2.32. The zero-order chi connectivity index (χ0) is 13.9. The molecular formula is C11H23N3O3S. The van der Waals surface area contributed by atoms with Crippen molar-refractivity contribution in [3.05, 3.63) is 0 Å². The second-order valence-corrected chi connectivity index (χ2v) is 7.46. The summed E-state index contributed by atoms with van der Waals surface area (Å²) in [5, 5.41) is 11.4. The minimum absolute atomic E-state index is 0.152. The average Bonchev–Trinajstić information content (AvgIpc) is 2.35. The van der Waals surface area contributed by atoms with E-state index >= 15 is 0 Å². The van der Waals surface area contributed by atoms with Crippen molar-refractivity contribution in [3.8, 4) is 0 Å². The van der Waals surface area contributed by atoms with Crippen molar-refractivity contribution in [3.63, 3.8) is 0 Å². The van der Waals surface area contributed by atoms with E-state index < -0.39 is 9.84 Å². The van der Waals surface area contributed by atoms with Gasteiger partial charge in [-0.25, -0.2) is 8.42 Å². The number of hydrogen-bond donors (Lipinski definition) is 2. The van der Waals surface area contributed by atoms with E-state index in [0.717, 1.165) is 19.3 Å². The molecule has 1 rings (SSSR count). The summed E-state index contributed by atoms with van der Waals surface area (Å²) in [7, 11) is -1.09. The molecule has 1 aliphatic carbocycles. The van der Waals surface area contributed by atoms with Crippen LogP contribution in [-0.2, 0) is 9.84 Å². The fourth-order valence-corrected chi connectivity index (χ4v) is 3.65. The fraction of sp³-hybridized carbons (Fsp3) is 0.909. The lowest BCUT2D eigenvalue weighted by Crippen LogP contribution is -2.48. The summed E-state index contributed by atoms with van der Waals surface area (Å²) in [6, 6.07) is -0.0351. The smallest absolute Gasteiger partial charge is 0.156 e. The predicted octanol–water partition coefficient (Wildman–Crippen LogP) is 0.409. The Kier molecular flexibility index (Phi) is 4.98. The first-order valence-corrected chi connectivity index (χ1v) is 8.11. The van der Waals surface area contributed by atoms with Gasteiger partial charge in [0.25, 0.3) is 0 Å². The number of sulfone groups is 1. The topological polar surface area (TPSA) is 96.0 Å². The first-order chi connectivity index (χ1) is 8.27. The van der Waals surface area contributed by atoms with Crippen LogP contribution in [0.1, 0.15) is 32.6 Å². The van der Waals surface area contributed by atoms with Gasteiger partial charge in [-0.05, 0) is 33.2 Å². The van der Waals surface area contributed by atoms with E-state index in [4.69, 9.17) is 10.9 Å². The fourth-order valence-electron chi connectivity index (χ4n) is 2.49. The Morgan fingerprint density at radius 1 is 1.50 bits per heavy atom. The SMILES string of the molecule is CC(C(N)=NO)N(C)C1CCCC(S(C)(=O)=O)C1. The molecule has 1 aliphatic rings. The standard InChI is InChI=1S/C11H23N3O3S/c1-8(11(12)13-15)14(2)9-5-4-6-10(7-9)18(3,16)17/h8-10,15H,4-7H2,1-3H3,(H2,12,13). The number of likely N-dealkylation sites (N-methyl/N-ethyl adjacent to an activating group) is 1. The third kappa shape index (κ3) is 3.58. The highest BCUT2D eigenvalue weighted by atomic mass is 32.2. The summed E-state index contributed by atoms with van der Waals surface area (Å²) < 4.78 is 23.2. The van der Waals surface area contributed by atoms with Gasteiger partial charge in [-0.15, -0.1) is 0 Å². The second kappa shape index (κ2) is 5.88. The Morgan fingerprint density at radius 3 is 2.61 bits per heavy atom. The predicted molar refractivity (Wildman–Crippen MR) is 71.5 cm³/mol. The molecule has 3 unspecified atom stereocenters. The first-order valence-electron chi connectivity index (χ1n) is 6.15. The Morgan fingerprint density at radius 2 is 2.11 bits per heavy atom. The van der Waals surface area contributed by atoms with Gasteiger partial charge in [-0.2, -0.15) is 0 Å². The van der Waals surface area contributed by atoms with E-state index in [-0.39, 0.29) is 23.2 Å². The largest absolute Gasteiger partial charge is 0.409 e. The monoisotopic (exact) mass is 277 g/mol. The maximum absolute atomic E-state index is 11.6. The van der Waals surface area contributed by atoms with Gasteiger partial charge in [0.2, 0.25) is 0 Å². The Hall–Kier alpha value is -0.820. The summed E-state index contributed by atoms with van der Waals surface area (Å²) in [4.78, 5) is 1.99. The average molecular weight is 277 g/mol. The van der Waals surface area contributed by atoms with Crippen molar-refractivity contribution in [2.45, 2.75) is 49.9 Å². The molecule has 3 N–H and O–H groups in total. The van der Waals surface area contributed by atoms with Crippen LogP contribution in [-0.4, -0.2) is 55.0 Å². The van der Waals surface area contributed by atoms with Gasteiger partial charge in [0.05, 0.1) is 11.3 Å². The Balaban J connectivity index is 2.72. The van der Waals surface area contributed by atoms with Gasteiger partial charge in [-0.3, -0.25) is 4.90 Å². The van der Waals surface area contributed by atoms with E-state index in [1.807, 2.05) is 18.9 Å². The molecule has 0 heterocycles. The van der Waals surface area contributed by atoms with Crippen LogP contribution >= 0.6 is 0 Å². The summed E-state index contributed by atoms with van der Waals surface area (Å²) in [5.41, 5.74) is 5.58. The number of amidine groups is 1. The summed E-state index contributed by atoms with van der Waals surface area (Å²) in [6.07, 6.45) is 4.51. The number of nitrogens with two attached hydrogens (primary N) is 1. The molecule has 106 valence electrons. The number of hydrogen-bond acceptors (Lipinski definition) is 5. The van der Waals surface area contributed by atoms with E-state index in [9.17, 15) is 8.42 Å². The van der Waals surface area contributed by atoms with E-state index in [0.29, 0.717) is 6.42 Å². The molecule has 1 fully saturated rings. The van der Waals surface area contributed by atoms with Crippen LogP contribution in [0.25, 0.3) is 0 Å². The number of rotatable bonds is 4. The maximum atomic E-state index is 11.6. The van der Waals surface area contributed by atoms with Crippen molar-refractivity contribution >= 4 is 15.7 Å². The van der Waals surface area contributed by atoms with Gasteiger partial charge in [0, 0.05) is 12.3 Å². The quantitative estimate of drug-likeness (QED) is 0.336. The second-order valence-electron chi connectivity index (χ2n) is 5.14. The molecule has 0 aromatic carbocycles. The van der Waals surface area contributed by atoms with E-state index in [2.05, 4.69) is 5.16 Å². The van der Waals surface area contributed by atoms with Crippen LogP contribution in [0.4, 0.5) is 0 Å². The minimum Gasteiger partial charge on any atom is -0.409 e. The van der Waals surface area contributed by atoms with Gasteiger partial charge in [0.1, 0.15) is 9.84 Å². The third-order valence-electron chi connectivity index (χ3n) is 3.93. The van der Waals surface area contributed by atoms with Gasteiger partial charge >= 0.3 is 0 Å². The van der Waals surface area contributed by atoms with Crippen molar-refractivity contribution in [2.75, 3.05) is 13.3 Å². The van der Waals surface area contributed by atoms with Gasteiger partial charge < -0.3 is 10.9 Å². The lowest BCUT2D eigenvalue weighted by molar-refractivity contribution is 0.174. The van der Waals surface area contributed by atoms with Crippen LogP contribution in [0.3, 0.4) is 0 Å². The first kappa shape index (κ1) is 15.2. The summed E-state index contributed by atoms with van der Waals surface area (Å²) in [5.74, 6) is 0.152. The third-order valence-corrected chi connectivity index (χ3v) is 5.57. The normalized spacial score (nSPS) is 28.3. The van der Waals surface area contributed by atoms with Crippen LogP contribution in [0.15, 0.2) is 5.16 Å². The molecule has 0 aromatic heterocycles. The molecule has 7 heteroatoms. The molecule has 0 radical (unpaired) electrons. The zero-order valence-corrected chi connectivity index (χ0v) is 12.0. The molecule has 0 bridgehead atoms. The van der Waals surface area contributed by atoms with Gasteiger partial charge in [0.15, 0.2) is 5.84 Å². The molecule has 0 spiro atoms. The van der Waals surface area contributed by atoms with E-state index in [1.54, 1.807) is 0 Å². The van der Waals surface area contributed by atoms with Crippen molar-refractivity contribution in [1.29, 1.82) is 0 Å². The zero-order valence-electron chi connectivity index (χ0n) is 11.2. The molecule has 3 atom stereocenters. The highest BCUT2D eigenvalue weighted by molar-refractivity contribution is 7.91. The molecule has 0 amide bonds. The Labute approximate surface area is 109 Å². The highest BCUT2D eigenvalue weighted by Crippen LogP contribution is 2.27. The molecule has 0 aromatic rings. The van der Waals surface area contributed by atoms with Crippen LogP contribution in [0, 0.1) is 0 Å². The number of nitrogens with zero attached hydrogens (tertiary/aromatic N) is 2. The van der Waals surface area contributed by atoms with Crippen LogP contribution in [0.5, 0.6) is 0 Å². The Bertz CT molecular complexity index is 408.